The molecule has 0 saturated heterocycles. The predicted molar refractivity (Wildman–Crippen MR) is 151 cm³/mol. The van der Waals surface area contributed by atoms with Crippen molar-refractivity contribution in [2.45, 2.75) is 33.7 Å². The summed E-state index contributed by atoms with van der Waals surface area (Å²) in [5, 5.41) is 7.45. The number of carbonyl (C=O) groups is 3. The van der Waals surface area contributed by atoms with E-state index >= 15 is 0 Å². The fraction of sp³-hybridized carbons (Fsp3) is 0.259. The van der Waals surface area contributed by atoms with Gasteiger partial charge in [-0.25, -0.2) is 18.2 Å². The van der Waals surface area contributed by atoms with Crippen LogP contribution in [0.1, 0.15) is 47.1 Å². The molecule has 0 aliphatic heterocycles. The zero-order valence-corrected chi connectivity index (χ0v) is 24.1. The third-order valence-electron chi connectivity index (χ3n) is 5.40. The lowest BCUT2D eigenvalue weighted by Crippen LogP contribution is -2.34. The van der Waals surface area contributed by atoms with E-state index in [0.717, 1.165) is 18.3 Å². The van der Waals surface area contributed by atoms with Crippen molar-refractivity contribution in [1.82, 2.24) is 10.3 Å². The number of hydrogen-bond acceptors (Lipinski definition) is 5. The highest BCUT2D eigenvalue weighted by molar-refractivity contribution is 6.41. The smallest absolute Gasteiger partial charge is 0.272 e. The number of nitrogens with one attached hydrogen (secondary N) is 3. The average molecular weight is 632 g/mol. The van der Waals surface area contributed by atoms with Crippen LogP contribution in [0.15, 0.2) is 42.6 Å². The molecular weight excluding hydrogens is 608 g/mol. The highest BCUT2D eigenvalue weighted by Gasteiger charge is 2.24. The van der Waals surface area contributed by atoms with Crippen molar-refractivity contribution in [1.29, 1.82) is 0 Å². The van der Waals surface area contributed by atoms with Crippen LogP contribution < -0.4 is 20.7 Å². The maximum atomic E-state index is 13.8. The number of aromatic nitrogens is 1. The maximum Gasteiger partial charge on any atom is 0.272 e. The Morgan fingerprint density at radius 3 is 2.24 bits per heavy atom. The van der Waals surface area contributed by atoms with Gasteiger partial charge in [0, 0.05) is 17.6 Å². The Hall–Kier alpha value is -3.54. The zero-order valence-electron chi connectivity index (χ0n) is 21.9. The molecule has 0 aliphatic carbocycles. The molecular formula is C27H24Cl3F3N4O4. The number of alkyl halides is 2. The molecule has 41 heavy (non-hydrogen) atoms. The van der Waals surface area contributed by atoms with Crippen molar-refractivity contribution in [3.05, 3.63) is 80.2 Å². The molecule has 0 spiro atoms. The van der Waals surface area contributed by atoms with Crippen LogP contribution in [0.4, 0.5) is 24.5 Å². The van der Waals surface area contributed by atoms with Crippen molar-refractivity contribution in [2.75, 3.05) is 17.2 Å². The van der Waals surface area contributed by atoms with Crippen LogP contribution in [0.2, 0.25) is 15.1 Å². The lowest BCUT2D eigenvalue weighted by molar-refractivity contribution is -0.128. The quantitative estimate of drug-likeness (QED) is 0.236. The normalized spacial score (nSPS) is 11.3. The summed E-state index contributed by atoms with van der Waals surface area (Å²) in [4.78, 5) is 42.3. The minimum Gasteiger partial charge on any atom is -0.471 e. The summed E-state index contributed by atoms with van der Waals surface area (Å²) in [7, 11) is 0. The largest absolute Gasteiger partial charge is 0.471 e. The fourth-order valence-electron chi connectivity index (χ4n) is 3.29. The topological polar surface area (TPSA) is 109 Å². The molecule has 3 aromatic rings. The van der Waals surface area contributed by atoms with E-state index in [9.17, 15) is 27.6 Å². The van der Waals surface area contributed by atoms with E-state index in [1.54, 1.807) is 26.8 Å². The molecule has 0 saturated carbocycles. The van der Waals surface area contributed by atoms with Gasteiger partial charge >= 0.3 is 0 Å². The van der Waals surface area contributed by atoms with Crippen LogP contribution in [-0.4, -0.2) is 35.7 Å². The Bertz CT molecular complexity index is 1480. The molecule has 0 atom stereocenters. The van der Waals surface area contributed by atoms with E-state index in [-0.39, 0.29) is 50.0 Å². The summed E-state index contributed by atoms with van der Waals surface area (Å²) in [6.07, 6.45) is -1.78. The molecule has 8 nitrogen and oxygen atoms in total. The second-order valence-electron chi connectivity index (χ2n) is 9.64. The summed E-state index contributed by atoms with van der Waals surface area (Å²) in [5.74, 6) is -3.16. The molecule has 3 amide bonds. The first kappa shape index (κ1) is 32.0. The first-order valence-electron chi connectivity index (χ1n) is 11.9. The van der Waals surface area contributed by atoms with E-state index in [2.05, 4.69) is 20.9 Å². The van der Waals surface area contributed by atoms with Gasteiger partial charge in [-0.2, -0.15) is 0 Å². The van der Waals surface area contributed by atoms with Crippen molar-refractivity contribution >= 4 is 63.9 Å². The fourth-order valence-corrected chi connectivity index (χ4v) is 4.01. The lowest BCUT2D eigenvalue weighted by atomic mass is 9.95. The molecule has 0 aliphatic rings. The van der Waals surface area contributed by atoms with E-state index < -0.39 is 42.0 Å². The summed E-state index contributed by atoms with van der Waals surface area (Å²) >= 11 is 18.4. The van der Waals surface area contributed by atoms with Crippen LogP contribution in [0.5, 0.6) is 5.88 Å². The molecule has 0 radical (unpaired) electrons. The number of ether oxygens (including phenoxy) is 1. The summed E-state index contributed by atoms with van der Waals surface area (Å²) in [6, 6.07) is 7.62. The first-order valence-corrected chi connectivity index (χ1v) is 13.0. The Kier molecular flexibility index (Phi) is 10.5. The number of hydrogen-bond donors (Lipinski definition) is 3. The van der Waals surface area contributed by atoms with Gasteiger partial charge in [-0.05, 0) is 35.9 Å². The molecule has 3 N–H and O–H groups in total. The molecule has 0 unspecified atom stereocenters. The van der Waals surface area contributed by atoms with Crippen molar-refractivity contribution in [3.63, 3.8) is 0 Å². The number of benzene rings is 2. The Morgan fingerprint density at radius 1 is 0.951 bits per heavy atom. The second-order valence-corrected chi connectivity index (χ2v) is 10.8. The van der Waals surface area contributed by atoms with Crippen LogP contribution in [0.25, 0.3) is 0 Å². The SMILES string of the molecule is CC(C)(C)C(=O)NCc1ccc(Cl)c(C(=O)Nc2cnc(OCC(F)F)c(C(=O)Nc3ccc(Cl)c(F)c3)c2)c1Cl. The second kappa shape index (κ2) is 13.4. The van der Waals surface area contributed by atoms with Crippen molar-refractivity contribution < 1.29 is 32.3 Å². The molecule has 2 aromatic carbocycles. The number of amides is 3. The van der Waals surface area contributed by atoms with Gasteiger partial charge in [-0.1, -0.05) is 61.6 Å². The van der Waals surface area contributed by atoms with E-state index in [0.29, 0.717) is 5.56 Å². The van der Waals surface area contributed by atoms with Gasteiger partial charge in [0.1, 0.15) is 11.4 Å². The minimum atomic E-state index is -2.86. The van der Waals surface area contributed by atoms with Crippen molar-refractivity contribution in [2.24, 2.45) is 5.41 Å². The van der Waals surface area contributed by atoms with Gasteiger partial charge in [-0.15, -0.1) is 0 Å². The molecule has 14 heteroatoms. The molecule has 0 fully saturated rings. The van der Waals surface area contributed by atoms with Gasteiger partial charge in [0.15, 0.2) is 6.61 Å². The van der Waals surface area contributed by atoms with Gasteiger partial charge in [0.05, 0.1) is 32.5 Å². The summed E-state index contributed by atoms with van der Waals surface area (Å²) in [5.41, 5.74) is -0.706. The summed E-state index contributed by atoms with van der Waals surface area (Å²) < 4.78 is 44.3. The highest BCUT2D eigenvalue weighted by Crippen LogP contribution is 2.30. The number of carbonyl (C=O) groups excluding carboxylic acids is 3. The highest BCUT2D eigenvalue weighted by atomic mass is 35.5. The summed E-state index contributed by atoms with van der Waals surface area (Å²) in [6.45, 7) is 4.19. The number of pyridine rings is 1. The first-order chi connectivity index (χ1) is 19.2. The third kappa shape index (κ3) is 8.48. The lowest BCUT2D eigenvalue weighted by Gasteiger charge is -2.19. The Balaban J connectivity index is 1.88. The maximum absolute atomic E-state index is 13.8. The van der Waals surface area contributed by atoms with Gasteiger partial charge in [0.25, 0.3) is 18.2 Å². The Morgan fingerprint density at radius 2 is 1.61 bits per heavy atom. The van der Waals surface area contributed by atoms with E-state index in [4.69, 9.17) is 39.5 Å². The average Bonchev–Trinajstić information content (AvgIpc) is 2.88. The zero-order chi connectivity index (χ0) is 30.5. The van der Waals surface area contributed by atoms with Crippen LogP contribution in [0.3, 0.4) is 0 Å². The number of rotatable bonds is 9. The number of anilines is 2. The molecule has 1 heterocycles. The van der Waals surface area contributed by atoms with Gasteiger partial charge < -0.3 is 20.7 Å². The van der Waals surface area contributed by atoms with Gasteiger partial charge in [0.2, 0.25) is 11.8 Å². The number of nitrogens with zero attached hydrogens (tertiary/aromatic N) is 1. The van der Waals surface area contributed by atoms with Crippen molar-refractivity contribution in [3.8, 4) is 5.88 Å². The van der Waals surface area contributed by atoms with Gasteiger partial charge in [-0.3, -0.25) is 14.4 Å². The molecule has 0 bridgehead atoms. The minimum absolute atomic E-state index is 0.00553. The molecule has 1 aromatic heterocycles. The van der Waals surface area contributed by atoms with Crippen LogP contribution in [0, 0.1) is 11.2 Å². The van der Waals surface area contributed by atoms with E-state index in [1.165, 1.54) is 18.2 Å². The van der Waals surface area contributed by atoms with E-state index in [1.807, 2.05) is 0 Å². The third-order valence-corrected chi connectivity index (χ3v) is 6.45. The standard InChI is InChI=1S/C27H24Cl3F3N4O4/c1-27(2,3)26(40)35-10-13-4-6-18(29)21(22(13)30)24(39)37-15-8-16(25(34-11-15)41-12-20(32)33)23(38)36-14-5-7-17(28)19(31)9-14/h4-9,11,20H,10,12H2,1-3H3,(H,35,40)(H,36,38)(H,37,39). The monoisotopic (exact) mass is 630 g/mol. The van der Waals surface area contributed by atoms with Crippen LogP contribution in [-0.2, 0) is 11.3 Å². The predicted octanol–water partition coefficient (Wildman–Crippen LogP) is 6.99. The van der Waals surface area contributed by atoms with Crippen LogP contribution >= 0.6 is 34.8 Å². The molecule has 3 rings (SSSR count). The number of halogens is 6. The molecule has 218 valence electrons. The Labute approximate surface area is 248 Å².